The molecule has 0 aromatic rings. The summed E-state index contributed by atoms with van der Waals surface area (Å²) >= 11 is 0. The molecular weight excluding hydrogens is 974 g/mol. The van der Waals surface area contributed by atoms with E-state index in [4.69, 9.17) is 0 Å². The molecule has 0 saturated heterocycles. The van der Waals surface area contributed by atoms with Crippen molar-refractivity contribution in [1.82, 2.24) is 0 Å². The highest BCUT2D eigenvalue weighted by molar-refractivity contribution is 6.64. The number of hydrogen-bond donors (Lipinski definition) is 0. The molecule has 356 valence electrons. The van der Waals surface area contributed by atoms with Crippen molar-refractivity contribution < 1.29 is 163 Å². The molecule has 0 aliphatic heterocycles. The Balaban J connectivity index is 0.00000509. The molecule has 0 unspecified atom stereocenters. The van der Waals surface area contributed by atoms with Crippen LogP contribution in [-0.4, -0.2) is 98.8 Å². The van der Waals surface area contributed by atoms with E-state index < -0.39 is 98.8 Å². The lowest BCUT2D eigenvalue weighted by Gasteiger charge is -2.46. The minimum atomic E-state index is -10.8. The van der Waals surface area contributed by atoms with E-state index >= 15 is 0 Å². The van der Waals surface area contributed by atoms with Crippen LogP contribution in [-0.2, 0) is 13.3 Å². The maximum absolute atomic E-state index is 14.3. The summed E-state index contributed by atoms with van der Waals surface area (Å²) in [7, 11) is -10.8. The topological polar surface area (TPSA) is 27.7 Å². The van der Waals surface area contributed by atoms with Crippen LogP contribution in [0.25, 0.3) is 0 Å². The number of rotatable bonds is 14. The first kappa shape index (κ1) is 56.7. The van der Waals surface area contributed by atoms with Crippen molar-refractivity contribution in [3.63, 3.8) is 0 Å². The number of alkyl halides is 34. The zero-order chi connectivity index (χ0) is 48.4. The van der Waals surface area contributed by atoms with Crippen LogP contribution in [0, 0.1) is 0 Å². The van der Waals surface area contributed by atoms with E-state index in [1.807, 2.05) is 0 Å². The molecule has 59 heavy (non-hydrogen) atoms. The van der Waals surface area contributed by atoms with Gasteiger partial charge in [-0.3, -0.25) is 13.3 Å². The summed E-state index contributed by atoms with van der Waals surface area (Å²) < 4.78 is 453. The molecule has 3 nitrogen and oxygen atoms in total. The fraction of sp³-hybridized carbons (Fsp3) is 1.00. The first-order valence-electron chi connectivity index (χ1n) is 13.7. The van der Waals surface area contributed by atoms with Gasteiger partial charge in [0.25, 0.3) is 0 Å². The maximum atomic E-state index is 14.3. The van der Waals surface area contributed by atoms with Gasteiger partial charge in [-0.15, -0.1) is 39.5 Å². The zero-order valence-electron chi connectivity index (χ0n) is 26.3. The second-order valence-electron chi connectivity index (χ2n) is 11.1. The second kappa shape index (κ2) is 15.8. The van der Waals surface area contributed by atoms with Crippen molar-refractivity contribution in [1.29, 1.82) is 0 Å². The van der Waals surface area contributed by atoms with Crippen LogP contribution in [0.4, 0.5) is 149 Å². The Bertz CT molecular complexity index is 1350. The Kier molecular flexibility index (Phi) is 15.2. The molecule has 1 fully saturated rings. The molecule has 1 aliphatic rings. The van der Waals surface area contributed by atoms with E-state index in [2.05, 4.69) is 0 Å². The normalized spacial score (nSPS) is 17.8. The third-order valence-electron chi connectivity index (χ3n) is 6.93. The van der Waals surface area contributed by atoms with Crippen LogP contribution in [0.1, 0.15) is 38.5 Å². The highest BCUT2D eigenvalue weighted by Gasteiger charge is 3.01. The highest BCUT2D eigenvalue weighted by atomic mass is 28.4. The molecule has 0 aromatic carbocycles. The van der Waals surface area contributed by atoms with Gasteiger partial charge in [-0.05, 0) is 0 Å². The smallest absolute Gasteiger partial charge is 0.280 e. The Labute approximate surface area is 301 Å². The molecule has 1 rings (SSSR count). The summed E-state index contributed by atoms with van der Waals surface area (Å²) in [6.07, 6.45) is -23.2. The maximum Gasteiger partial charge on any atom is 0.601 e. The van der Waals surface area contributed by atoms with Gasteiger partial charge in [0.2, 0.25) is 0 Å². The van der Waals surface area contributed by atoms with Gasteiger partial charge in [0.05, 0.1) is 0 Å². The van der Waals surface area contributed by atoms with Crippen molar-refractivity contribution in [2.24, 2.45) is 0 Å². The van der Waals surface area contributed by atoms with Crippen molar-refractivity contribution >= 4 is 8.80 Å². The van der Waals surface area contributed by atoms with Crippen molar-refractivity contribution in [3.05, 3.63) is 0 Å². The van der Waals surface area contributed by atoms with Gasteiger partial charge in [-0.2, -0.15) is 110 Å². The fourth-order valence-corrected chi connectivity index (χ4v) is 5.88. The van der Waals surface area contributed by atoms with Gasteiger partial charge in [0, 0.05) is 0 Å². The molecule has 0 heterocycles. The molecular formula is C21H12F34O3Si. The summed E-state index contributed by atoms with van der Waals surface area (Å²) in [5.41, 5.74) is -9.54. The summed E-state index contributed by atoms with van der Waals surface area (Å²) in [5.74, 6) is -99.0. The summed E-state index contributed by atoms with van der Waals surface area (Å²) in [5, 5.41) is 0. The molecule has 0 radical (unpaired) electrons. The van der Waals surface area contributed by atoms with E-state index in [1.165, 1.54) is 51.8 Å². The van der Waals surface area contributed by atoms with E-state index in [0.29, 0.717) is 0 Å². The lowest BCUT2D eigenvalue weighted by Crippen LogP contribution is -2.81. The summed E-state index contributed by atoms with van der Waals surface area (Å²) in [4.78, 5) is 0. The van der Waals surface area contributed by atoms with E-state index in [0.717, 1.165) is 0 Å². The molecule has 0 N–H and O–H groups in total. The van der Waals surface area contributed by atoms with Gasteiger partial charge < -0.3 is 0 Å². The van der Waals surface area contributed by atoms with E-state index in [9.17, 15) is 149 Å². The molecule has 0 bridgehead atoms. The van der Waals surface area contributed by atoms with Crippen LogP contribution in [0.3, 0.4) is 0 Å². The fourth-order valence-electron chi connectivity index (χ4n) is 3.92. The molecule has 1 aliphatic carbocycles. The Hall–Kier alpha value is -2.28. The monoisotopic (exact) mass is 986 g/mol. The van der Waals surface area contributed by atoms with Gasteiger partial charge in [0.1, 0.15) is 0 Å². The first-order chi connectivity index (χ1) is 25.1. The second-order valence-corrected chi connectivity index (χ2v) is 13.5. The third-order valence-corrected chi connectivity index (χ3v) is 9.52. The Morgan fingerprint density at radius 1 is 0.220 bits per heavy atom. The quantitative estimate of drug-likeness (QED) is 0.128. The highest BCUT2D eigenvalue weighted by Crippen LogP contribution is 2.68. The number of halogens is 34. The van der Waals surface area contributed by atoms with Gasteiger partial charge in [-0.1, -0.05) is 38.5 Å². The minimum absolute atomic E-state index is 1.20. The van der Waals surface area contributed by atoms with Gasteiger partial charge in [-0.25, -0.2) is 0 Å². The van der Waals surface area contributed by atoms with Crippen LogP contribution < -0.4 is 0 Å². The summed E-state index contributed by atoms with van der Waals surface area (Å²) in [6.45, 7) is 0. The molecule has 0 spiro atoms. The van der Waals surface area contributed by atoms with E-state index in [1.54, 1.807) is 0 Å². The molecule has 38 heteroatoms. The molecule has 0 amide bonds. The predicted octanol–water partition coefficient (Wildman–Crippen LogP) is 13.0. The number of hydrogen-bond acceptors (Lipinski definition) is 3. The standard InChI is InChI=1S/C15F34O3Si.C6H12/c16-1(17,3(20,21)5(24,25)7(28,29)9(32,33)11(36,37)38)2(18,19)4(22,23)6(26,27)8(30,31)10(34,35)12(39,40)53(50-13(41,42)43,51-14(44,45)46)52-15(47,48)49;1-2-4-6-5-3-1/h;1-6H2. The van der Waals surface area contributed by atoms with Crippen LogP contribution in [0.15, 0.2) is 0 Å². The Morgan fingerprint density at radius 2 is 0.373 bits per heavy atom. The SMILES string of the molecule is C1CCCCC1.FC(F)(F)O[Si](OC(F)(F)F)(OC(F)(F)F)C(F)(F)C(F)(F)C(F)(F)C(F)(F)C(F)(F)C(F)(F)C(F)(F)C(F)(F)C(F)(F)C(F)(F)C(F)(F)C(F)(F)F. The average Bonchev–Trinajstić information content (AvgIpc) is 2.97. The minimum Gasteiger partial charge on any atom is -0.280 e. The van der Waals surface area contributed by atoms with Crippen LogP contribution in [0.5, 0.6) is 0 Å². The molecule has 0 atom stereocenters. The largest absolute Gasteiger partial charge is 0.601 e. The van der Waals surface area contributed by atoms with Crippen LogP contribution >= 0.6 is 0 Å². The van der Waals surface area contributed by atoms with Crippen molar-refractivity contribution in [3.8, 4) is 0 Å². The zero-order valence-corrected chi connectivity index (χ0v) is 27.3. The lowest BCUT2D eigenvalue weighted by molar-refractivity contribution is -0.482. The molecule has 0 aromatic heterocycles. The van der Waals surface area contributed by atoms with Gasteiger partial charge in [0.15, 0.2) is 0 Å². The van der Waals surface area contributed by atoms with Crippen molar-refractivity contribution in [2.75, 3.05) is 0 Å². The van der Waals surface area contributed by atoms with Gasteiger partial charge >= 0.3 is 98.8 Å². The van der Waals surface area contributed by atoms with E-state index in [-0.39, 0.29) is 0 Å². The first-order valence-corrected chi connectivity index (χ1v) is 15.4. The Morgan fingerprint density at radius 3 is 0.525 bits per heavy atom. The van der Waals surface area contributed by atoms with Crippen LogP contribution in [0.2, 0.25) is 0 Å². The predicted molar refractivity (Wildman–Crippen MR) is 115 cm³/mol. The molecule has 1 saturated carbocycles. The lowest BCUT2D eigenvalue weighted by atomic mass is 9.85. The van der Waals surface area contributed by atoms with Crippen molar-refractivity contribution in [2.45, 2.75) is 129 Å². The summed E-state index contributed by atoms with van der Waals surface area (Å²) in [6, 6.07) is 0. The third kappa shape index (κ3) is 9.55. The average molecular weight is 986 g/mol.